The molecule has 0 aliphatic carbocycles. The molecule has 0 radical (unpaired) electrons. The molecule has 2 heteroatoms. The molecule has 1 aliphatic rings. The summed E-state index contributed by atoms with van der Waals surface area (Å²) >= 11 is 1.73. The minimum Gasteiger partial charge on any atom is -0.241 e. The lowest BCUT2D eigenvalue weighted by molar-refractivity contribution is 1.48. The normalized spacial score (nSPS) is 13.6. The van der Waals surface area contributed by atoms with E-state index in [2.05, 4.69) is 60.7 Å². The predicted molar refractivity (Wildman–Crippen MR) is 92.4 cm³/mol. The third-order valence-electron chi connectivity index (χ3n) is 3.51. The van der Waals surface area contributed by atoms with Crippen LogP contribution in [0.15, 0.2) is 82.7 Å². The SMILES string of the molecule is C(=Cc1ccccc1)C1=Nc2cccc3cccc(c23)S1. The highest BCUT2D eigenvalue weighted by Gasteiger charge is 2.13. The summed E-state index contributed by atoms with van der Waals surface area (Å²) in [5, 5.41) is 3.55. The van der Waals surface area contributed by atoms with Crippen molar-refractivity contribution >= 4 is 39.3 Å². The molecule has 3 aromatic rings. The minimum absolute atomic E-state index is 1.03. The van der Waals surface area contributed by atoms with Crippen LogP contribution >= 0.6 is 11.8 Å². The lowest BCUT2D eigenvalue weighted by atomic mass is 10.1. The Kier molecular flexibility index (Phi) is 3.09. The third-order valence-corrected chi connectivity index (χ3v) is 4.50. The van der Waals surface area contributed by atoms with Crippen LogP contribution in [-0.4, -0.2) is 5.04 Å². The van der Waals surface area contributed by atoms with Crippen LogP contribution in [0, 0.1) is 0 Å². The lowest BCUT2D eigenvalue weighted by Crippen LogP contribution is -1.93. The minimum atomic E-state index is 1.03. The maximum atomic E-state index is 4.77. The first-order valence-electron chi connectivity index (χ1n) is 6.91. The highest BCUT2D eigenvalue weighted by atomic mass is 32.2. The molecular formula is C19H13NS. The zero-order chi connectivity index (χ0) is 14.1. The zero-order valence-electron chi connectivity index (χ0n) is 11.4. The van der Waals surface area contributed by atoms with Crippen LogP contribution in [-0.2, 0) is 0 Å². The number of hydrogen-bond donors (Lipinski definition) is 0. The first kappa shape index (κ1) is 12.4. The smallest absolute Gasteiger partial charge is 0.101 e. The molecule has 0 saturated heterocycles. The molecule has 0 bridgehead atoms. The monoisotopic (exact) mass is 287 g/mol. The zero-order valence-corrected chi connectivity index (χ0v) is 12.2. The fraction of sp³-hybridized carbons (Fsp3) is 0. The Balaban J connectivity index is 1.75. The molecule has 0 aromatic heterocycles. The molecule has 1 heterocycles. The maximum absolute atomic E-state index is 4.77. The van der Waals surface area contributed by atoms with Gasteiger partial charge in [-0.15, -0.1) is 0 Å². The Hall–Kier alpha value is -2.32. The molecular weight excluding hydrogens is 274 g/mol. The lowest BCUT2D eigenvalue weighted by Gasteiger charge is -2.14. The van der Waals surface area contributed by atoms with Gasteiger partial charge in [-0.2, -0.15) is 0 Å². The maximum Gasteiger partial charge on any atom is 0.101 e. The number of nitrogens with zero attached hydrogens (tertiary/aromatic N) is 1. The number of rotatable bonds is 2. The largest absolute Gasteiger partial charge is 0.241 e. The highest BCUT2D eigenvalue weighted by Crippen LogP contribution is 2.40. The van der Waals surface area contributed by atoms with Gasteiger partial charge in [0.05, 0.1) is 5.69 Å². The van der Waals surface area contributed by atoms with Crippen LogP contribution in [0.3, 0.4) is 0 Å². The van der Waals surface area contributed by atoms with Crippen molar-refractivity contribution in [3.05, 3.63) is 78.4 Å². The van der Waals surface area contributed by atoms with Gasteiger partial charge in [0.2, 0.25) is 0 Å². The molecule has 100 valence electrons. The van der Waals surface area contributed by atoms with Crippen LogP contribution in [0.2, 0.25) is 0 Å². The average Bonchev–Trinajstić information content (AvgIpc) is 2.54. The van der Waals surface area contributed by atoms with Crippen LogP contribution in [0.4, 0.5) is 5.69 Å². The summed E-state index contributed by atoms with van der Waals surface area (Å²) in [6.45, 7) is 0. The van der Waals surface area contributed by atoms with E-state index in [4.69, 9.17) is 4.99 Å². The van der Waals surface area contributed by atoms with Gasteiger partial charge in [0.1, 0.15) is 5.04 Å². The van der Waals surface area contributed by atoms with E-state index in [9.17, 15) is 0 Å². The van der Waals surface area contributed by atoms with E-state index in [-0.39, 0.29) is 0 Å². The Bertz CT molecular complexity index is 858. The molecule has 4 rings (SSSR count). The van der Waals surface area contributed by atoms with Gasteiger partial charge < -0.3 is 0 Å². The Morgan fingerprint density at radius 2 is 1.57 bits per heavy atom. The van der Waals surface area contributed by atoms with Gasteiger partial charge >= 0.3 is 0 Å². The van der Waals surface area contributed by atoms with Gasteiger partial charge in [-0.1, -0.05) is 72.4 Å². The third kappa shape index (κ3) is 2.39. The number of hydrogen-bond acceptors (Lipinski definition) is 2. The van der Waals surface area contributed by atoms with E-state index < -0.39 is 0 Å². The van der Waals surface area contributed by atoms with Crippen molar-refractivity contribution in [2.24, 2.45) is 4.99 Å². The summed E-state index contributed by atoms with van der Waals surface area (Å²) in [5.74, 6) is 0. The van der Waals surface area contributed by atoms with Gasteiger partial charge in [-0.05, 0) is 29.2 Å². The standard InChI is InChI=1S/C19H13NS/c1-2-6-14(7-3-1)12-13-18-20-16-10-4-8-15-9-5-11-17(21-18)19(15)16/h1-13H. The van der Waals surface area contributed by atoms with Gasteiger partial charge in [0, 0.05) is 10.3 Å². The summed E-state index contributed by atoms with van der Waals surface area (Å²) in [4.78, 5) is 6.05. The van der Waals surface area contributed by atoms with E-state index in [0.717, 1.165) is 10.7 Å². The van der Waals surface area contributed by atoms with E-state index in [1.54, 1.807) is 11.8 Å². The van der Waals surface area contributed by atoms with Crippen molar-refractivity contribution in [1.29, 1.82) is 0 Å². The van der Waals surface area contributed by atoms with Crippen LogP contribution in [0.1, 0.15) is 5.56 Å². The van der Waals surface area contributed by atoms with Crippen LogP contribution in [0.25, 0.3) is 16.8 Å². The molecule has 0 atom stereocenters. The Morgan fingerprint density at radius 3 is 2.43 bits per heavy atom. The van der Waals surface area contributed by atoms with Crippen molar-refractivity contribution < 1.29 is 0 Å². The van der Waals surface area contributed by atoms with Gasteiger partial charge in [0.15, 0.2) is 0 Å². The van der Waals surface area contributed by atoms with Crippen molar-refractivity contribution in [1.82, 2.24) is 0 Å². The molecule has 1 aliphatic heterocycles. The molecule has 21 heavy (non-hydrogen) atoms. The molecule has 0 unspecified atom stereocenters. The van der Waals surface area contributed by atoms with Crippen molar-refractivity contribution in [3.8, 4) is 0 Å². The summed E-state index contributed by atoms with van der Waals surface area (Å²) in [6.07, 6.45) is 4.20. The van der Waals surface area contributed by atoms with Gasteiger partial charge in [-0.3, -0.25) is 0 Å². The fourth-order valence-electron chi connectivity index (χ4n) is 2.52. The van der Waals surface area contributed by atoms with E-state index >= 15 is 0 Å². The summed E-state index contributed by atoms with van der Waals surface area (Å²) in [7, 11) is 0. The van der Waals surface area contributed by atoms with Gasteiger partial charge in [0.25, 0.3) is 0 Å². The second kappa shape index (κ2) is 5.23. The van der Waals surface area contributed by atoms with E-state index in [1.807, 2.05) is 18.2 Å². The highest BCUT2D eigenvalue weighted by molar-refractivity contribution is 8.14. The Morgan fingerprint density at radius 1 is 0.762 bits per heavy atom. The molecule has 3 aromatic carbocycles. The van der Waals surface area contributed by atoms with Crippen molar-refractivity contribution in [2.75, 3.05) is 0 Å². The first-order chi connectivity index (χ1) is 10.4. The summed E-state index contributed by atoms with van der Waals surface area (Å²) < 4.78 is 0. The quantitative estimate of drug-likeness (QED) is 0.590. The van der Waals surface area contributed by atoms with Gasteiger partial charge in [-0.25, -0.2) is 4.99 Å². The molecule has 0 fully saturated rings. The average molecular weight is 287 g/mol. The molecule has 0 N–H and O–H groups in total. The summed E-state index contributed by atoms with van der Waals surface area (Å²) in [5.41, 5.74) is 2.26. The predicted octanol–water partition coefficient (Wildman–Crippen LogP) is 5.69. The molecule has 0 spiro atoms. The Labute approximate surface area is 128 Å². The first-order valence-corrected chi connectivity index (χ1v) is 7.73. The van der Waals surface area contributed by atoms with E-state index in [0.29, 0.717) is 0 Å². The number of benzene rings is 3. The second-order valence-electron chi connectivity index (χ2n) is 4.93. The topological polar surface area (TPSA) is 12.4 Å². The van der Waals surface area contributed by atoms with Crippen LogP contribution < -0.4 is 0 Å². The van der Waals surface area contributed by atoms with Crippen molar-refractivity contribution in [3.63, 3.8) is 0 Å². The van der Waals surface area contributed by atoms with Crippen molar-refractivity contribution in [2.45, 2.75) is 4.90 Å². The molecule has 0 amide bonds. The number of aliphatic imine (C=N–C) groups is 1. The summed E-state index contributed by atoms with van der Waals surface area (Å²) in [6, 6.07) is 23.0. The number of thioether (sulfide) groups is 1. The van der Waals surface area contributed by atoms with E-state index in [1.165, 1.54) is 21.2 Å². The second-order valence-corrected chi connectivity index (χ2v) is 5.99. The molecule has 0 saturated carbocycles. The fourth-order valence-corrected chi connectivity index (χ4v) is 3.50. The van der Waals surface area contributed by atoms with Crippen LogP contribution in [0.5, 0.6) is 0 Å². The molecule has 1 nitrogen and oxygen atoms in total.